The predicted octanol–water partition coefficient (Wildman–Crippen LogP) is 2.00. The molecule has 0 aliphatic rings. The molecule has 0 spiro atoms. The number of aliphatic imine (C=N–C) groups is 1. The van der Waals surface area contributed by atoms with Crippen molar-refractivity contribution in [3.05, 3.63) is 29.8 Å². The number of likely N-dealkylation sites (N-methyl/N-ethyl adjacent to an activating group) is 1. The zero-order valence-electron chi connectivity index (χ0n) is 11.5. The maximum absolute atomic E-state index is 5.66. The van der Waals surface area contributed by atoms with Crippen LogP contribution in [0.5, 0.6) is 0 Å². The van der Waals surface area contributed by atoms with E-state index in [1.807, 2.05) is 24.3 Å². The smallest absolute Gasteiger partial charge is 0.215 e. The minimum Gasteiger partial charge on any atom is -0.481 e. The highest BCUT2D eigenvalue weighted by Gasteiger charge is 2.03. The van der Waals surface area contributed by atoms with Crippen LogP contribution >= 0.6 is 0 Å². The van der Waals surface area contributed by atoms with Gasteiger partial charge in [-0.25, -0.2) is 4.99 Å². The van der Waals surface area contributed by atoms with E-state index in [-0.39, 0.29) is 0 Å². The Kier molecular flexibility index (Phi) is 6.22. The van der Waals surface area contributed by atoms with Gasteiger partial charge in [0.05, 0.1) is 13.7 Å². The predicted molar refractivity (Wildman–Crippen MR) is 77.1 cm³/mol. The molecule has 0 radical (unpaired) electrons. The van der Waals surface area contributed by atoms with E-state index >= 15 is 0 Å². The zero-order valence-corrected chi connectivity index (χ0v) is 11.5. The lowest BCUT2D eigenvalue weighted by molar-refractivity contribution is 0.311. The van der Waals surface area contributed by atoms with Gasteiger partial charge in [-0.2, -0.15) is 0 Å². The molecule has 18 heavy (non-hydrogen) atoms. The van der Waals surface area contributed by atoms with Crippen molar-refractivity contribution in [3.8, 4) is 0 Å². The summed E-state index contributed by atoms with van der Waals surface area (Å²) in [5, 5.41) is 0. The molecule has 0 bridgehead atoms. The van der Waals surface area contributed by atoms with Crippen molar-refractivity contribution in [2.24, 2.45) is 4.99 Å². The molecule has 0 fully saturated rings. The van der Waals surface area contributed by atoms with E-state index in [0.717, 1.165) is 37.4 Å². The molecule has 0 aromatic heterocycles. The Morgan fingerprint density at radius 1 is 1.22 bits per heavy atom. The molecule has 2 N–H and O–H groups in total. The molecule has 1 rings (SSSR count). The van der Waals surface area contributed by atoms with E-state index in [2.05, 4.69) is 23.7 Å². The second-order valence-corrected chi connectivity index (χ2v) is 4.04. The monoisotopic (exact) mass is 249 g/mol. The normalized spacial score (nSPS) is 11.9. The third kappa shape index (κ3) is 4.37. The van der Waals surface area contributed by atoms with Gasteiger partial charge in [-0.15, -0.1) is 0 Å². The van der Waals surface area contributed by atoms with Crippen molar-refractivity contribution in [1.82, 2.24) is 4.90 Å². The Balaban J connectivity index is 2.62. The maximum atomic E-state index is 5.66. The van der Waals surface area contributed by atoms with E-state index in [1.54, 1.807) is 7.11 Å². The molecule has 0 unspecified atom stereocenters. The Morgan fingerprint density at radius 2 is 1.83 bits per heavy atom. The first-order chi connectivity index (χ1) is 8.71. The van der Waals surface area contributed by atoms with Crippen LogP contribution in [0.15, 0.2) is 29.3 Å². The molecule has 0 aliphatic carbocycles. The number of benzene rings is 1. The molecule has 0 heterocycles. The fraction of sp³-hybridized carbons (Fsp3) is 0.500. The number of nitrogen functional groups attached to an aromatic ring is 1. The largest absolute Gasteiger partial charge is 0.481 e. The van der Waals surface area contributed by atoms with Crippen LogP contribution < -0.4 is 5.73 Å². The van der Waals surface area contributed by atoms with Crippen molar-refractivity contribution in [2.45, 2.75) is 13.8 Å². The summed E-state index contributed by atoms with van der Waals surface area (Å²) in [7, 11) is 1.65. The van der Waals surface area contributed by atoms with Crippen LogP contribution in [0.2, 0.25) is 0 Å². The van der Waals surface area contributed by atoms with E-state index in [0.29, 0.717) is 5.90 Å². The van der Waals surface area contributed by atoms with Gasteiger partial charge >= 0.3 is 0 Å². The Bertz CT molecular complexity index is 369. The van der Waals surface area contributed by atoms with Gasteiger partial charge in [0.25, 0.3) is 0 Å². The minimum atomic E-state index is 0.669. The van der Waals surface area contributed by atoms with Crippen molar-refractivity contribution < 1.29 is 4.74 Å². The van der Waals surface area contributed by atoms with Crippen molar-refractivity contribution in [1.29, 1.82) is 0 Å². The number of rotatable bonds is 6. The quantitative estimate of drug-likeness (QED) is 0.476. The van der Waals surface area contributed by atoms with Crippen LogP contribution in [0.3, 0.4) is 0 Å². The van der Waals surface area contributed by atoms with Crippen LogP contribution in [-0.4, -0.2) is 44.1 Å². The second kappa shape index (κ2) is 7.71. The highest BCUT2D eigenvalue weighted by atomic mass is 16.5. The third-order valence-corrected chi connectivity index (χ3v) is 2.92. The van der Waals surface area contributed by atoms with E-state index in [1.165, 1.54) is 0 Å². The first-order valence-corrected chi connectivity index (χ1v) is 6.38. The number of nitrogens with two attached hydrogens (primary N) is 1. The van der Waals surface area contributed by atoms with Gasteiger partial charge in [0.2, 0.25) is 5.90 Å². The Hall–Kier alpha value is -1.55. The minimum absolute atomic E-state index is 0.669. The van der Waals surface area contributed by atoms with Crippen LogP contribution in [0.1, 0.15) is 19.4 Å². The van der Waals surface area contributed by atoms with Crippen LogP contribution in [0.25, 0.3) is 0 Å². The molecule has 0 saturated heterocycles. The molecular formula is C14H23N3O. The van der Waals surface area contributed by atoms with E-state index in [4.69, 9.17) is 10.5 Å². The number of nitrogens with zero attached hydrogens (tertiary/aromatic N) is 2. The van der Waals surface area contributed by atoms with Gasteiger partial charge in [0.15, 0.2) is 0 Å². The summed E-state index contributed by atoms with van der Waals surface area (Å²) in [6.07, 6.45) is 0. The molecule has 0 saturated carbocycles. The Morgan fingerprint density at radius 3 is 2.33 bits per heavy atom. The molecule has 0 atom stereocenters. The van der Waals surface area contributed by atoms with Crippen LogP contribution in [-0.2, 0) is 4.74 Å². The van der Waals surface area contributed by atoms with Crippen molar-refractivity contribution in [3.63, 3.8) is 0 Å². The lowest BCUT2D eigenvalue weighted by atomic mass is 10.2. The molecule has 4 heteroatoms. The zero-order chi connectivity index (χ0) is 13.4. The highest BCUT2D eigenvalue weighted by molar-refractivity contribution is 5.94. The van der Waals surface area contributed by atoms with E-state index in [9.17, 15) is 0 Å². The summed E-state index contributed by atoms with van der Waals surface area (Å²) < 4.78 is 5.32. The number of hydrogen-bond acceptors (Lipinski definition) is 4. The number of methoxy groups -OCH3 is 1. The first-order valence-electron chi connectivity index (χ1n) is 6.38. The summed E-state index contributed by atoms with van der Waals surface area (Å²) >= 11 is 0. The first kappa shape index (κ1) is 14.5. The van der Waals surface area contributed by atoms with Gasteiger partial charge in [0, 0.05) is 17.8 Å². The second-order valence-electron chi connectivity index (χ2n) is 4.04. The molecule has 100 valence electrons. The van der Waals surface area contributed by atoms with Crippen LogP contribution in [0, 0.1) is 0 Å². The number of ether oxygens (including phenoxy) is 1. The summed E-state index contributed by atoms with van der Waals surface area (Å²) in [5.41, 5.74) is 7.37. The summed E-state index contributed by atoms with van der Waals surface area (Å²) in [5.74, 6) is 0.669. The van der Waals surface area contributed by atoms with Crippen molar-refractivity contribution in [2.75, 3.05) is 39.0 Å². The fourth-order valence-corrected chi connectivity index (χ4v) is 1.73. The third-order valence-electron chi connectivity index (χ3n) is 2.92. The Labute approximate surface area is 109 Å². The van der Waals surface area contributed by atoms with Gasteiger partial charge in [0.1, 0.15) is 0 Å². The molecule has 0 aliphatic heterocycles. The number of anilines is 1. The summed E-state index contributed by atoms with van der Waals surface area (Å²) in [4.78, 5) is 6.82. The number of hydrogen-bond donors (Lipinski definition) is 1. The van der Waals surface area contributed by atoms with Gasteiger partial charge in [-0.05, 0) is 37.4 Å². The maximum Gasteiger partial charge on any atom is 0.215 e. The van der Waals surface area contributed by atoms with E-state index < -0.39 is 0 Å². The molecule has 0 amide bonds. The van der Waals surface area contributed by atoms with Gasteiger partial charge < -0.3 is 15.4 Å². The molecular weight excluding hydrogens is 226 g/mol. The van der Waals surface area contributed by atoms with Gasteiger partial charge in [-0.1, -0.05) is 13.8 Å². The average Bonchev–Trinajstić information content (AvgIpc) is 2.41. The molecule has 1 aromatic rings. The molecule has 4 nitrogen and oxygen atoms in total. The van der Waals surface area contributed by atoms with Crippen molar-refractivity contribution >= 4 is 11.6 Å². The van der Waals surface area contributed by atoms with Gasteiger partial charge in [-0.3, -0.25) is 0 Å². The standard InChI is InChI=1S/C14H23N3O/c1-4-17(5-2)11-10-16-14(18-3)12-6-8-13(15)9-7-12/h6-9H,4-5,10-11,15H2,1-3H3/b16-14-. The summed E-state index contributed by atoms with van der Waals surface area (Å²) in [6, 6.07) is 7.56. The topological polar surface area (TPSA) is 50.8 Å². The summed E-state index contributed by atoms with van der Waals surface area (Å²) in [6.45, 7) is 8.12. The fourth-order valence-electron chi connectivity index (χ4n) is 1.73. The lowest BCUT2D eigenvalue weighted by Gasteiger charge is -2.16. The highest BCUT2D eigenvalue weighted by Crippen LogP contribution is 2.07. The SMILES string of the molecule is CCN(CC)CC/N=C(\OC)c1ccc(N)cc1. The molecule has 1 aromatic carbocycles. The van der Waals surface area contributed by atoms with Crippen LogP contribution in [0.4, 0.5) is 5.69 Å². The average molecular weight is 249 g/mol. The lowest BCUT2D eigenvalue weighted by Crippen LogP contribution is -2.26.